The lowest BCUT2D eigenvalue weighted by molar-refractivity contribution is -0.120. The number of amides is 1. The Bertz CT molecular complexity index is 462. The van der Waals surface area contributed by atoms with Gasteiger partial charge in [-0.2, -0.15) is 0 Å². The molecule has 2 aromatic heterocycles. The highest BCUT2D eigenvalue weighted by atomic mass is 32.1. The van der Waals surface area contributed by atoms with Gasteiger partial charge in [0.05, 0.1) is 13.0 Å². The van der Waals surface area contributed by atoms with Gasteiger partial charge in [0.15, 0.2) is 0 Å². The number of nitrogens with one attached hydrogen (secondary N) is 1. The highest BCUT2D eigenvalue weighted by Crippen LogP contribution is 2.09. The maximum absolute atomic E-state index is 11.5. The number of hydrogen-bond acceptors (Lipinski definition) is 4. The van der Waals surface area contributed by atoms with Crippen molar-refractivity contribution in [2.75, 3.05) is 0 Å². The Morgan fingerprint density at radius 1 is 1.62 bits per heavy atom. The highest BCUT2D eigenvalue weighted by molar-refractivity contribution is 7.10. The van der Waals surface area contributed by atoms with Crippen LogP contribution in [0.4, 0.5) is 0 Å². The molecule has 84 valence electrons. The van der Waals surface area contributed by atoms with Crippen molar-refractivity contribution >= 4 is 17.2 Å². The summed E-state index contributed by atoms with van der Waals surface area (Å²) in [5.41, 5.74) is 0.747. The number of carbonyl (C=O) groups excluding carboxylic acids is 1. The van der Waals surface area contributed by atoms with Gasteiger partial charge in [0.1, 0.15) is 11.5 Å². The highest BCUT2D eigenvalue weighted by Gasteiger charge is 2.05. The lowest BCUT2D eigenvalue weighted by atomic mass is 10.3. The number of carbonyl (C=O) groups is 1. The number of thiophene rings is 1. The first kappa shape index (κ1) is 10.9. The molecular formula is C11H12N2O2S. The van der Waals surface area contributed by atoms with E-state index in [1.54, 1.807) is 11.3 Å². The van der Waals surface area contributed by atoms with E-state index in [2.05, 4.69) is 10.5 Å². The van der Waals surface area contributed by atoms with Crippen molar-refractivity contribution in [3.8, 4) is 0 Å². The third-order valence-electron chi connectivity index (χ3n) is 2.06. The minimum Gasteiger partial charge on any atom is -0.361 e. The van der Waals surface area contributed by atoms with E-state index in [1.165, 1.54) is 0 Å². The summed E-state index contributed by atoms with van der Waals surface area (Å²) in [5, 5.41) is 8.56. The fraction of sp³-hybridized carbons (Fsp3) is 0.273. The van der Waals surface area contributed by atoms with Crippen LogP contribution in [-0.2, 0) is 17.8 Å². The molecule has 0 aliphatic rings. The van der Waals surface area contributed by atoms with E-state index in [-0.39, 0.29) is 5.91 Å². The monoisotopic (exact) mass is 236 g/mol. The van der Waals surface area contributed by atoms with Crippen molar-refractivity contribution in [3.63, 3.8) is 0 Å². The average molecular weight is 236 g/mol. The van der Waals surface area contributed by atoms with Crippen LogP contribution >= 0.6 is 11.3 Å². The first-order valence-corrected chi connectivity index (χ1v) is 5.83. The van der Waals surface area contributed by atoms with Gasteiger partial charge < -0.3 is 9.84 Å². The SMILES string of the molecule is Cc1cc(CNC(=O)Cc2cccs2)no1. The van der Waals surface area contributed by atoms with E-state index >= 15 is 0 Å². The Labute approximate surface area is 97.3 Å². The van der Waals surface area contributed by atoms with Crippen LogP contribution in [0.3, 0.4) is 0 Å². The second-order valence-corrected chi connectivity index (χ2v) is 4.49. The van der Waals surface area contributed by atoms with Crippen molar-refractivity contribution in [1.82, 2.24) is 10.5 Å². The van der Waals surface area contributed by atoms with Crippen molar-refractivity contribution < 1.29 is 9.32 Å². The van der Waals surface area contributed by atoms with Crippen molar-refractivity contribution in [2.45, 2.75) is 19.9 Å². The number of rotatable bonds is 4. The molecule has 16 heavy (non-hydrogen) atoms. The zero-order valence-corrected chi connectivity index (χ0v) is 9.71. The quantitative estimate of drug-likeness (QED) is 0.882. The second-order valence-electron chi connectivity index (χ2n) is 3.46. The van der Waals surface area contributed by atoms with Crippen molar-refractivity contribution in [2.24, 2.45) is 0 Å². The van der Waals surface area contributed by atoms with Gasteiger partial charge in [-0.3, -0.25) is 4.79 Å². The Hall–Kier alpha value is -1.62. The fourth-order valence-corrected chi connectivity index (χ4v) is 2.03. The van der Waals surface area contributed by atoms with Gasteiger partial charge in [0.25, 0.3) is 0 Å². The average Bonchev–Trinajstić information content (AvgIpc) is 2.87. The van der Waals surface area contributed by atoms with Crippen LogP contribution in [0.25, 0.3) is 0 Å². The molecule has 0 bridgehead atoms. The number of hydrogen-bond donors (Lipinski definition) is 1. The van der Waals surface area contributed by atoms with Crippen LogP contribution in [-0.4, -0.2) is 11.1 Å². The molecule has 5 heteroatoms. The van der Waals surface area contributed by atoms with Crippen LogP contribution in [0.2, 0.25) is 0 Å². The van der Waals surface area contributed by atoms with Gasteiger partial charge in [-0.1, -0.05) is 11.2 Å². The Morgan fingerprint density at radius 3 is 3.12 bits per heavy atom. The van der Waals surface area contributed by atoms with E-state index in [9.17, 15) is 4.79 Å². The summed E-state index contributed by atoms with van der Waals surface area (Å²) in [6.07, 6.45) is 0.425. The third kappa shape index (κ3) is 2.93. The Kier molecular flexibility index (Phi) is 3.36. The Balaban J connectivity index is 1.80. The zero-order chi connectivity index (χ0) is 11.4. The topological polar surface area (TPSA) is 55.1 Å². The van der Waals surface area contributed by atoms with Gasteiger partial charge in [-0.25, -0.2) is 0 Å². The first-order valence-electron chi connectivity index (χ1n) is 4.95. The van der Waals surface area contributed by atoms with E-state index in [0.717, 1.165) is 16.3 Å². The van der Waals surface area contributed by atoms with E-state index in [4.69, 9.17) is 4.52 Å². The summed E-state index contributed by atoms with van der Waals surface area (Å²) in [6.45, 7) is 2.24. The summed E-state index contributed by atoms with van der Waals surface area (Å²) in [5.74, 6) is 0.755. The molecule has 0 fully saturated rings. The molecule has 0 aliphatic heterocycles. The molecule has 0 radical (unpaired) electrons. The molecule has 2 aromatic rings. The third-order valence-corrected chi connectivity index (χ3v) is 2.93. The minimum atomic E-state index is 0.00287. The molecule has 4 nitrogen and oxygen atoms in total. The smallest absolute Gasteiger partial charge is 0.225 e. The lowest BCUT2D eigenvalue weighted by Crippen LogP contribution is -2.24. The first-order chi connectivity index (χ1) is 7.74. The second kappa shape index (κ2) is 4.94. The molecular weight excluding hydrogens is 224 g/mol. The fourth-order valence-electron chi connectivity index (χ4n) is 1.32. The van der Waals surface area contributed by atoms with Gasteiger partial charge in [-0.05, 0) is 18.4 Å². The number of aromatic nitrogens is 1. The molecule has 1 amide bonds. The molecule has 0 atom stereocenters. The number of aryl methyl sites for hydroxylation is 1. The largest absolute Gasteiger partial charge is 0.361 e. The molecule has 0 spiro atoms. The Morgan fingerprint density at radius 2 is 2.50 bits per heavy atom. The van der Waals surface area contributed by atoms with E-state index < -0.39 is 0 Å². The van der Waals surface area contributed by atoms with Gasteiger partial charge in [-0.15, -0.1) is 11.3 Å². The summed E-state index contributed by atoms with van der Waals surface area (Å²) in [4.78, 5) is 12.6. The minimum absolute atomic E-state index is 0.00287. The van der Waals surface area contributed by atoms with Crippen molar-refractivity contribution in [3.05, 3.63) is 39.9 Å². The molecule has 0 saturated heterocycles. The normalized spacial score (nSPS) is 10.3. The van der Waals surface area contributed by atoms with Crippen LogP contribution in [0.1, 0.15) is 16.3 Å². The summed E-state index contributed by atoms with van der Waals surface area (Å²) >= 11 is 1.58. The molecule has 2 rings (SSSR count). The predicted octanol–water partition coefficient (Wildman–Crippen LogP) is 1.90. The van der Waals surface area contributed by atoms with Gasteiger partial charge >= 0.3 is 0 Å². The molecule has 2 heterocycles. The van der Waals surface area contributed by atoms with Crippen LogP contribution in [0.15, 0.2) is 28.1 Å². The number of nitrogens with zero attached hydrogens (tertiary/aromatic N) is 1. The summed E-state index contributed by atoms with van der Waals surface area (Å²) < 4.78 is 4.90. The predicted molar refractivity (Wildman–Crippen MR) is 61.1 cm³/mol. The van der Waals surface area contributed by atoms with Crippen molar-refractivity contribution in [1.29, 1.82) is 0 Å². The standard InChI is InChI=1S/C11H12N2O2S/c1-8-5-9(13-15-8)7-12-11(14)6-10-3-2-4-16-10/h2-5H,6-7H2,1H3,(H,12,14). The molecule has 0 aliphatic carbocycles. The van der Waals surface area contributed by atoms with Crippen LogP contribution in [0, 0.1) is 6.92 Å². The molecule has 0 aromatic carbocycles. The van der Waals surface area contributed by atoms with E-state index in [1.807, 2.05) is 30.5 Å². The summed E-state index contributed by atoms with van der Waals surface area (Å²) in [6, 6.07) is 5.70. The zero-order valence-electron chi connectivity index (χ0n) is 8.90. The van der Waals surface area contributed by atoms with E-state index in [0.29, 0.717) is 13.0 Å². The van der Waals surface area contributed by atoms with Crippen LogP contribution < -0.4 is 5.32 Å². The maximum atomic E-state index is 11.5. The van der Waals surface area contributed by atoms with Gasteiger partial charge in [0, 0.05) is 10.9 Å². The van der Waals surface area contributed by atoms with Gasteiger partial charge in [0.2, 0.25) is 5.91 Å². The lowest BCUT2D eigenvalue weighted by Gasteiger charge is -2.00. The summed E-state index contributed by atoms with van der Waals surface area (Å²) in [7, 11) is 0. The molecule has 0 saturated carbocycles. The maximum Gasteiger partial charge on any atom is 0.225 e. The van der Waals surface area contributed by atoms with Crippen LogP contribution in [0.5, 0.6) is 0 Å². The molecule has 0 unspecified atom stereocenters. The molecule has 1 N–H and O–H groups in total.